The minimum absolute atomic E-state index is 0.0907. The highest BCUT2D eigenvalue weighted by molar-refractivity contribution is 5.89. The number of aliphatic hydroxyl groups excluding tert-OH is 1. The van der Waals surface area contributed by atoms with E-state index in [0.717, 1.165) is 37.8 Å². The van der Waals surface area contributed by atoms with E-state index in [4.69, 9.17) is 0 Å². The van der Waals surface area contributed by atoms with E-state index in [0.29, 0.717) is 6.54 Å². The standard InChI is InChI=1S/C17H24N2O2/c1-19(11-14-6-3-7-16(14)20)17(21)18-15-9-8-12-4-2-5-13(12)10-15/h8-10,14,16,20H,2-7,11H2,1H3,(H,18,21). The molecule has 2 N–H and O–H groups in total. The van der Waals surface area contributed by atoms with Crippen molar-refractivity contribution in [3.63, 3.8) is 0 Å². The molecule has 1 fully saturated rings. The number of carbonyl (C=O) groups is 1. The van der Waals surface area contributed by atoms with Gasteiger partial charge in [0.15, 0.2) is 0 Å². The smallest absolute Gasteiger partial charge is 0.321 e. The summed E-state index contributed by atoms with van der Waals surface area (Å²) in [5.74, 6) is 0.223. The van der Waals surface area contributed by atoms with Crippen molar-refractivity contribution in [2.24, 2.45) is 5.92 Å². The topological polar surface area (TPSA) is 52.6 Å². The van der Waals surface area contributed by atoms with Crippen molar-refractivity contribution in [1.29, 1.82) is 0 Å². The lowest BCUT2D eigenvalue weighted by atomic mass is 10.1. The number of hydrogen-bond donors (Lipinski definition) is 2. The van der Waals surface area contributed by atoms with Crippen LogP contribution >= 0.6 is 0 Å². The van der Waals surface area contributed by atoms with Crippen molar-refractivity contribution < 1.29 is 9.90 Å². The van der Waals surface area contributed by atoms with E-state index < -0.39 is 0 Å². The van der Waals surface area contributed by atoms with Crippen LogP contribution in [0.15, 0.2) is 18.2 Å². The molecule has 0 heterocycles. The SMILES string of the molecule is CN(CC1CCCC1O)C(=O)Nc1ccc2c(c1)CCC2. The lowest BCUT2D eigenvalue weighted by Crippen LogP contribution is -2.37. The Bertz CT molecular complexity index is 530. The zero-order valence-electron chi connectivity index (χ0n) is 12.6. The van der Waals surface area contributed by atoms with Crippen LogP contribution in [0, 0.1) is 5.92 Å². The third-order valence-electron chi connectivity index (χ3n) is 4.82. The Kier molecular flexibility index (Phi) is 4.15. The predicted molar refractivity (Wildman–Crippen MR) is 83.5 cm³/mol. The van der Waals surface area contributed by atoms with E-state index in [1.807, 2.05) is 6.07 Å². The first-order valence-electron chi connectivity index (χ1n) is 7.95. The summed E-state index contributed by atoms with van der Waals surface area (Å²) < 4.78 is 0. The Morgan fingerprint density at radius 3 is 2.86 bits per heavy atom. The Morgan fingerprint density at radius 2 is 2.10 bits per heavy atom. The van der Waals surface area contributed by atoms with E-state index in [1.54, 1.807) is 11.9 Å². The maximum Gasteiger partial charge on any atom is 0.321 e. The van der Waals surface area contributed by atoms with Crippen LogP contribution in [-0.2, 0) is 12.8 Å². The first-order chi connectivity index (χ1) is 10.1. The number of fused-ring (bicyclic) bond motifs is 1. The van der Waals surface area contributed by atoms with Gasteiger partial charge >= 0.3 is 6.03 Å². The number of aryl methyl sites for hydroxylation is 2. The van der Waals surface area contributed by atoms with Gasteiger partial charge in [-0.15, -0.1) is 0 Å². The molecule has 2 aliphatic rings. The predicted octanol–water partition coefficient (Wildman–Crippen LogP) is 2.80. The van der Waals surface area contributed by atoms with Gasteiger partial charge in [0.1, 0.15) is 0 Å². The molecule has 0 spiro atoms. The highest BCUT2D eigenvalue weighted by atomic mass is 16.3. The summed E-state index contributed by atoms with van der Waals surface area (Å²) in [6, 6.07) is 6.12. The fraction of sp³-hybridized carbons (Fsp3) is 0.588. The maximum atomic E-state index is 12.2. The van der Waals surface area contributed by atoms with Crippen LogP contribution in [0.1, 0.15) is 36.8 Å². The van der Waals surface area contributed by atoms with Crippen molar-refractivity contribution in [2.75, 3.05) is 18.9 Å². The lowest BCUT2D eigenvalue weighted by molar-refractivity contribution is 0.116. The number of nitrogens with zero attached hydrogens (tertiary/aromatic N) is 1. The highest BCUT2D eigenvalue weighted by Crippen LogP contribution is 2.27. The van der Waals surface area contributed by atoms with Crippen LogP contribution in [0.25, 0.3) is 0 Å². The normalized spacial score (nSPS) is 23.9. The molecule has 4 heteroatoms. The van der Waals surface area contributed by atoms with Gasteiger partial charge in [0.2, 0.25) is 0 Å². The minimum atomic E-state index is -0.250. The molecule has 114 valence electrons. The Labute approximate surface area is 126 Å². The monoisotopic (exact) mass is 288 g/mol. The van der Waals surface area contributed by atoms with Gasteiger partial charge in [-0.3, -0.25) is 0 Å². The van der Waals surface area contributed by atoms with Crippen LogP contribution in [0.3, 0.4) is 0 Å². The second kappa shape index (κ2) is 6.06. The second-order valence-corrected chi connectivity index (χ2v) is 6.41. The summed E-state index contributed by atoms with van der Waals surface area (Å²) in [6.07, 6.45) is 6.17. The molecule has 2 amide bonds. The number of amides is 2. The molecule has 21 heavy (non-hydrogen) atoms. The van der Waals surface area contributed by atoms with E-state index >= 15 is 0 Å². The Hall–Kier alpha value is -1.55. The molecular weight excluding hydrogens is 264 g/mol. The largest absolute Gasteiger partial charge is 0.393 e. The van der Waals surface area contributed by atoms with Crippen LogP contribution < -0.4 is 5.32 Å². The molecule has 4 nitrogen and oxygen atoms in total. The molecule has 2 aliphatic carbocycles. The summed E-state index contributed by atoms with van der Waals surface area (Å²) in [7, 11) is 1.80. The number of anilines is 1. The maximum absolute atomic E-state index is 12.2. The molecule has 1 aromatic rings. The summed E-state index contributed by atoms with van der Waals surface area (Å²) in [6.45, 7) is 0.623. The van der Waals surface area contributed by atoms with Crippen molar-refractivity contribution in [1.82, 2.24) is 4.90 Å². The van der Waals surface area contributed by atoms with Gasteiger partial charge in [-0.2, -0.15) is 0 Å². The third kappa shape index (κ3) is 3.21. The number of aliphatic hydroxyl groups is 1. The zero-order valence-corrected chi connectivity index (χ0v) is 12.6. The van der Waals surface area contributed by atoms with Crippen LogP contribution in [0.4, 0.5) is 10.5 Å². The summed E-state index contributed by atoms with van der Waals surface area (Å²) in [4.78, 5) is 13.9. The first kappa shape index (κ1) is 14.4. The van der Waals surface area contributed by atoms with Crippen LogP contribution in [0.2, 0.25) is 0 Å². The first-order valence-corrected chi connectivity index (χ1v) is 7.95. The zero-order chi connectivity index (χ0) is 14.8. The van der Waals surface area contributed by atoms with E-state index in [1.165, 1.54) is 17.5 Å². The average Bonchev–Trinajstić information content (AvgIpc) is 3.07. The van der Waals surface area contributed by atoms with Crippen molar-refractivity contribution in [3.8, 4) is 0 Å². The number of hydrogen-bond acceptors (Lipinski definition) is 2. The molecule has 0 saturated heterocycles. The number of urea groups is 1. The van der Waals surface area contributed by atoms with Crippen molar-refractivity contribution in [2.45, 2.75) is 44.6 Å². The van der Waals surface area contributed by atoms with Gasteiger partial charge in [-0.25, -0.2) is 4.79 Å². The van der Waals surface area contributed by atoms with Gasteiger partial charge in [0.25, 0.3) is 0 Å². The minimum Gasteiger partial charge on any atom is -0.393 e. The van der Waals surface area contributed by atoms with E-state index in [-0.39, 0.29) is 18.1 Å². The van der Waals surface area contributed by atoms with Gasteiger partial charge in [-0.1, -0.05) is 12.5 Å². The quantitative estimate of drug-likeness (QED) is 0.898. The summed E-state index contributed by atoms with van der Waals surface area (Å²) in [5, 5.41) is 12.8. The molecule has 1 saturated carbocycles. The molecular formula is C17H24N2O2. The van der Waals surface area contributed by atoms with Crippen molar-refractivity contribution >= 4 is 11.7 Å². The van der Waals surface area contributed by atoms with Crippen LogP contribution in [-0.4, -0.2) is 35.7 Å². The molecule has 0 radical (unpaired) electrons. The lowest BCUT2D eigenvalue weighted by Gasteiger charge is -2.23. The Morgan fingerprint density at radius 1 is 1.29 bits per heavy atom. The van der Waals surface area contributed by atoms with Crippen molar-refractivity contribution in [3.05, 3.63) is 29.3 Å². The second-order valence-electron chi connectivity index (χ2n) is 6.41. The molecule has 0 aromatic heterocycles. The van der Waals surface area contributed by atoms with Crippen LogP contribution in [0.5, 0.6) is 0 Å². The fourth-order valence-electron chi connectivity index (χ4n) is 3.53. The van der Waals surface area contributed by atoms with Gasteiger partial charge in [0, 0.05) is 25.2 Å². The van der Waals surface area contributed by atoms with Gasteiger partial charge in [0.05, 0.1) is 6.10 Å². The van der Waals surface area contributed by atoms with E-state index in [2.05, 4.69) is 17.4 Å². The number of carbonyl (C=O) groups excluding carboxylic acids is 1. The summed E-state index contributed by atoms with van der Waals surface area (Å²) >= 11 is 0. The fourth-order valence-corrected chi connectivity index (χ4v) is 3.53. The molecule has 1 aromatic carbocycles. The molecule has 2 atom stereocenters. The van der Waals surface area contributed by atoms with Gasteiger partial charge < -0.3 is 15.3 Å². The third-order valence-corrected chi connectivity index (χ3v) is 4.82. The molecule has 3 rings (SSSR count). The Balaban J connectivity index is 1.58. The van der Waals surface area contributed by atoms with Gasteiger partial charge in [-0.05, 0) is 55.4 Å². The number of rotatable bonds is 3. The van der Waals surface area contributed by atoms with E-state index in [9.17, 15) is 9.90 Å². The number of benzene rings is 1. The average molecular weight is 288 g/mol. The number of nitrogens with one attached hydrogen (secondary N) is 1. The molecule has 2 unspecified atom stereocenters. The molecule has 0 bridgehead atoms. The molecule has 0 aliphatic heterocycles. The summed E-state index contributed by atoms with van der Waals surface area (Å²) in [5.41, 5.74) is 3.65. The highest BCUT2D eigenvalue weighted by Gasteiger charge is 2.27.